The molecule has 3 heteroatoms. The first-order chi connectivity index (χ1) is 10.6. The molecule has 0 N–H and O–H groups in total. The molecule has 1 aromatic rings. The largest absolute Gasteiger partial charge is 0.308 e. The smallest absolute Gasteiger partial charge is 0.227 e. The van der Waals surface area contributed by atoms with Crippen LogP contribution >= 0.6 is 0 Å². The van der Waals surface area contributed by atoms with Crippen LogP contribution in [0.5, 0.6) is 0 Å². The highest BCUT2D eigenvalue weighted by atomic mass is 16.2. The van der Waals surface area contributed by atoms with Gasteiger partial charge < -0.3 is 9.80 Å². The third-order valence-electron chi connectivity index (χ3n) is 7.02. The number of carbonyl (C=O) groups excluding carboxylic acids is 1. The molecule has 3 fully saturated rings. The zero-order chi connectivity index (χ0) is 15.1. The molecule has 116 valence electrons. The second-order valence-corrected chi connectivity index (χ2v) is 8.18. The zero-order valence-corrected chi connectivity index (χ0v) is 13.5. The molecule has 0 aromatic heterocycles. The predicted octanol–water partition coefficient (Wildman–Crippen LogP) is 3.01. The van der Waals surface area contributed by atoms with E-state index in [9.17, 15) is 4.79 Å². The average molecular weight is 296 g/mol. The molecule has 3 nitrogen and oxygen atoms in total. The SMILES string of the molecule is CN1C[C@H]2c3ccccc3N3C(=O)C[C@]4(C)CCC[C@H]1[C@@H]4[C@@H]23. The third-order valence-corrected chi connectivity index (χ3v) is 7.02. The lowest BCUT2D eigenvalue weighted by molar-refractivity contribution is -0.132. The molecule has 1 aromatic carbocycles. The van der Waals surface area contributed by atoms with Gasteiger partial charge in [-0.1, -0.05) is 31.5 Å². The first-order valence-electron chi connectivity index (χ1n) is 8.71. The summed E-state index contributed by atoms with van der Waals surface area (Å²) in [5, 5.41) is 0. The summed E-state index contributed by atoms with van der Waals surface area (Å²) in [5.41, 5.74) is 2.81. The van der Waals surface area contributed by atoms with Crippen LogP contribution in [0.15, 0.2) is 24.3 Å². The highest BCUT2D eigenvalue weighted by Gasteiger charge is 2.61. The van der Waals surface area contributed by atoms with Crippen LogP contribution < -0.4 is 4.90 Å². The maximum absolute atomic E-state index is 13.0. The standard InChI is InChI=1S/C19H24N2O/c1-19-9-5-8-15-17(19)18-13(11-20(15)2)12-6-3-4-7-14(12)21(18)16(22)10-19/h3-4,6-7,13,15,17-18H,5,8-11H2,1-2H3/t13-,15-,17+,18+,19-/m0/s1. The van der Waals surface area contributed by atoms with Crippen molar-refractivity contribution >= 4 is 11.6 Å². The van der Waals surface area contributed by atoms with E-state index in [4.69, 9.17) is 0 Å². The number of carbonyl (C=O) groups is 1. The van der Waals surface area contributed by atoms with Crippen molar-refractivity contribution in [1.29, 1.82) is 0 Å². The molecule has 1 amide bonds. The van der Waals surface area contributed by atoms with Crippen LogP contribution in [0.1, 0.15) is 44.1 Å². The van der Waals surface area contributed by atoms with Crippen LogP contribution in [0.3, 0.4) is 0 Å². The van der Waals surface area contributed by atoms with Gasteiger partial charge in [0.2, 0.25) is 5.91 Å². The normalized spacial score (nSPS) is 43.0. The first-order valence-corrected chi connectivity index (χ1v) is 8.71. The Balaban J connectivity index is 1.71. The van der Waals surface area contributed by atoms with Crippen LogP contribution in [-0.2, 0) is 4.79 Å². The van der Waals surface area contributed by atoms with E-state index < -0.39 is 0 Å². The molecule has 4 aliphatic rings. The van der Waals surface area contributed by atoms with E-state index in [2.05, 4.69) is 48.0 Å². The van der Waals surface area contributed by atoms with E-state index >= 15 is 0 Å². The van der Waals surface area contributed by atoms with Gasteiger partial charge in [-0.3, -0.25) is 4.79 Å². The molecule has 5 atom stereocenters. The van der Waals surface area contributed by atoms with Gasteiger partial charge in [-0.15, -0.1) is 0 Å². The number of benzene rings is 1. The summed E-state index contributed by atoms with van der Waals surface area (Å²) in [6.07, 6.45) is 4.54. The predicted molar refractivity (Wildman–Crippen MR) is 86.9 cm³/mol. The Labute approximate surface area is 132 Å². The number of hydrogen-bond donors (Lipinski definition) is 0. The van der Waals surface area contributed by atoms with Crippen molar-refractivity contribution in [2.45, 2.75) is 50.6 Å². The fraction of sp³-hybridized carbons (Fsp3) is 0.632. The van der Waals surface area contributed by atoms with Crippen molar-refractivity contribution in [2.24, 2.45) is 11.3 Å². The van der Waals surface area contributed by atoms with E-state index in [0.29, 0.717) is 29.8 Å². The molecule has 5 rings (SSSR count). The first kappa shape index (κ1) is 13.1. The quantitative estimate of drug-likeness (QED) is 0.735. The van der Waals surface area contributed by atoms with Crippen LogP contribution in [-0.4, -0.2) is 36.5 Å². The number of rotatable bonds is 0. The number of nitrogens with zero attached hydrogens (tertiary/aromatic N) is 2. The Hall–Kier alpha value is -1.35. The number of anilines is 1. The molecule has 0 radical (unpaired) electrons. The molecule has 2 saturated heterocycles. The van der Waals surface area contributed by atoms with Crippen molar-refractivity contribution in [3.8, 4) is 0 Å². The van der Waals surface area contributed by atoms with Crippen LogP contribution in [0, 0.1) is 11.3 Å². The minimum atomic E-state index is 0.205. The molecule has 3 heterocycles. The van der Waals surface area contributed by atoms with Crippen LogP contribution in [0.25, 0.3) is 0 Å². The highest BCUT2D eigenvalue weighted by molar-refractivity contribution is 5.98. The second-order valence-electron chi connectivity index (χ2n) is 8.18. The van der Waals surface area contributed by atoms with Gasteiger partial charge in [0.25, 0.3) is 0 Å². The van der Waals surface area contributed by atoms with Crippen molar-refractivity contribution < 1.29 is 4.79 Å². The number of likely N-dealkylation sites (tertiary alicyclic amines) is 1. The van der Waals surface area contributed by atoms with E-state index in [1.54, 1.807) is 0 Å². The summed E-state index contributed by atoms with van der Waals surface area (Å²) >= 11 is 0. The minimum Gasteiger partial charge on any atom is -0.308 e. The monoisotopic (exact) mass is 296 g/mol. The van der Waals surface area contributed by atoms with Gasteiger partial charge in [-0.05, 0) is 36.9 Å². The van der Waals surface area contributed by atoms with Gasteiger partial charge in [0, 0.05) is 42.6 Å². The number of amides is 1. The van der Waals surface area contributed by atoms with E-state index in [-0.39, 0.29) is 5.41 Å². The number of piperidine rings is 2. The molecule has 3 aliphatic heterocycles. The Morgan fingerprint density at radius 3 is 2.95 bits per heavy atom. The molecule has 1 aliphatic carbocycles. The van der Waals surface area contributed by atoms with Gasteiger partial charge in [-0.25, -0.2) is 0 Å². The van der Waals surface area contributed by atoms with Gasteiger partial charge >= 0.3 is 0 Å². The van der Waals surface area contributed by atoms with E-state index in [1.807, 2.05) is 0 Å². The summed E-state index contributed by atoms with van der Waals surface area (Å²) in [6, 6.07) is 9.69. The van der Waals surface area contributed by atoms with Crippen LogP contribution in [0.2, 0.25) is 0 Å². The van der Waals surface area contributed by atoms with Gasteiger partial charge in [-0.2, -0.15) is 0 Å². The lowest BCUT2D eigenvalue weighted by Gasteiger charge is -2.60. The van der Waals surface area contributed by atoms with E-state index in [0.717, 1.165) is 13.0 Å². The Morgan fingerprint density at radius 1 is 1.27 bits per heavy atom. The van der Waals surface area contributed by atoms with Crippen molar-refractivity contribution in [3.05, 3.63) is 29.8 Å². The lowest BCUT2D eigenvalue weighted by Crippen LogP contribution is -2.67. The fourth-order valence-corrected chi connectivity index (χ4v) is 6.21. The highest BCUT2D eigenvalue weighted by Crippen LogP contribution is 2.60. The van der Waals surface area contributed by atoms with Crippen molar-refractivity contribution in [3.63, 3.8) is 0 Å². The second kappa shape index (κ2) is 4.14. The summed E-state index contributed by atoms with van der Waals surface area (Å²) in [7, 11) is 2.30. The Bertz CT molecular complexity index is 657. The fourth-order valence-electron chi connectivity index (χ4n) is 6.21. The number of likely N-dealkylation sites (N-methyl/N-ethyl adjacent to an activating group) is 1. The summed E-state index contributed by atoms with van der Waals surface area (Å²) in [5.74, 6) is 1.50. The third kappa shape index (κ3) is 1.43. The minimum absolute atomic E-state index is 0.205. The maximum Gasteiger partial charge on any atom is 0.227 e. The van der Waals surface area contributed by atoms with Gasteiger partial charge in [0.1, 0.15) is 0 Å². The summed E-state index contributed by atoms with van der Waals surface area (Å²) < 4.78 is 0. The molecule has 0 spiro atoms. The molecular weight excluding hydrogens is 272 g/mol. The van der Waals surface area contributed by atoms with Crippen molar-refractivity contribution in [2.75, 3.05) is 18.5 Å². The maximum atomic E-state index is 13.0. The van der Waals surface area contributed by atoms with Crippen molar-refractivity contribution in [1.82, 2.24) is 4.90 Å². The molecule has 0 bridgehead atoms. The number of para-hydroxylation sites is 1. The average Bonchev–Trinajstić information content (AvgIpc) is 2.82. The molecule has 0 unspecified atom stereocenters. The molecule has 22 heavy (non-hydrogen) atoms. The summed E-state index contributed by atoms with van der Waals surface area (Å²) in [6.45, 7) is 3.49. The van der Waals surface area contributed by atoms with Gasteiger partial charge in [0.05, 0.1) is 0 Å². The molecular formula is C19H24N2O. The van der Waals surface area contributed by atoms with E-state index in [1.165, 1.54) is 30.5 Å². The summed E-state index contributed by atoms with van der Waals surface area (Å²) in [4.78, 5) is 17.8. The van der Waals surface area contributed by atoms with Gasteiger partial charge in [0.15, 0.2) is 0 Å². The number of fused-ring (bicyclic) bond motifs is 3. The topological polar surface area (TPSA) is 23.6 Å². The van der Waals surface area contributed by atoms with Crippen LogP contribution in [0.4, 0.5) is 5.69 Å². The molecule has 1 saturated carbocycles. The Kier molecular flexibility index (Phi) is 2.47. The lowest BCUT2D eigenvalue weighted by atomic mass is 9.55. The zero-order valence-electron chi connectivity index (χ0n) is 13.5. The number of hydrogen-bond acceptors (Lipinski definition) is 2. The Morgan fingerprint density at radius 2 is 2.09 bits per heavy atom.